The van der Waals surface area contributed by atoms with E-state index in [-0.39, 0.29) is 24.0 Å². The Balaban J connectivity index is 1.93. The summed E-state index contributed by atoms with van der Waals surface area (Å²) in [7, 11) is 0.485. The third kappa shape index (κ3) is 9.20. The Morgan fingerprint density at radius 2 is 1.59 bits per heavy atom. The second kappa shape index (κ2) is 12.8. The number of hydrogen-bond donors (Lipinski definition) is 1. The number of aromatic nitrogens is 2. The van der Waals surface area contributed by atoms with E-state index in [2.05, 4.69) is 61.2 Å². The number of ether oxygens (including phenoxy) is 2. The van der Waals surface area contributed by atoms with E-state index in [1.54, 1.807) is 7.05 Å². The summed E-state index contributed by atoms with van der Waals surface area (Å²) in [6.45, 7) is 21.1. The predicted molar refractivity (Wildman–Crippen MR) is 169 cm³/mol. The fourth-order valence-corrected chi connectivity index (χ4v) is 5.16. The van der Waals surface area contributed by atoms with E-state index in [4.69, 9.17) is 14.5 Å². The largest absolute Gasteiger partial charge is 0.507 e. The summed E-state index contributed by atoms with van der Waals surface area (Å²) in [6, 6.07) is 14.8. The molecule has 1 heterocycles. The average Bonchev–Trinajstić information content (AvgIpc) is 3.26. The number of hydrogen-bond acceptors (Lipinski definition) is 5. The van der Waals surface area contributed by atoms with Gasteiger partial charge in [0.2, 0.25) is 0 Å². The van der Waals surface area contributed by atoms with Crippen LogP contribution in [0.2, 0.25) is 25.7 Å². The van der Waals surface area contributed by atoms with Crippen LogP contribution in [0.1, 0.15) is 64.1 Å². The van der Waals surface area contributed by atoms with Crippen molar-refractivity contribution >= 4 is 14.2 Å². The van der Waals surface area contributed by atoms with E-state index >= 15 is 0 Å². The summed E-state index contributed by atoms with van der Waals surface area (Å²) < 4.78 is 13.6. The molecule has 1 N–H and O–H groups in total. The van der Waals surface area contributed by atoms with Gasteiger partial charge in [-0.05, 0) is 34.6 Å². The first-order valence-electron chi connectivity index (χ1n) is 14.4. The molecule has 0 saturated heterocycles. The zero-order valence-corrected chi connectivity index (χ0v) is 27.7. The number of imidazole rings is 1. The summed E-state index contributed by atoms with van der Waals surface area (Å²) in [5.74, 6) is 1.04. The highest BCUT2D eigenvalue weighted by atomic mass is 28.3. The third-order valence-corrected chi connectivity index (χ3v) is 8.71. The van der Waals surface area contributed by atoms with Gasteiger partial charge in [0.1, 0.15) is 24.9 Å². The van der Waals surface area contributed by atoms with Gasteiger partial charge >= 0.3 is 6.09 Å². The van der Waals surface area contributed by atoms with Gasteiger partial charge < -0.3 is 24.0 Å². The lowest BCUT2D eigenvalue weighted by Crippen LogP contribution is -2.28. The van der Waals surface area contributed by atoms with Gasteiger partial charge in [-0.2, -0.15) is 0 Å². The Labute approximate surface area is 247 Å². The number of amides is 1. The van der Waals surface area contributed by atoms with E-state index in [0.717, 1.165) is 34.0 Å². The van der Waals surface area contributed by atoms with Crippen LogP contribution in [0.15, 0.2) is 48.7 Å². The number of carbonyl (C=O) groups is 1. The highest BCUT2D eigenvalue weighted by molar-refractivity contribution is 6.76. The minimum Gasteiger partial charge on any atom is -0.507 e. The second-order valence-electron chi connectivity index (χ2n) is 14.2. The Morgan fingerprint density at radius 3 is 2.12 bits per heavy atom. The molecular formula is C33H49N3O4Si. The maximum atomic E-state index is 12.8. The van der Waals surface area contributed by atoms with E-state index < -0.39 is 14.2 Å². The monoisotopic (exact) mass is 579 g/mol. The molecule has 0 radical (unpaired) electrons. The topological polar surface area (TPSA) is 76.8 Å². The van der Waals surface area contributed by atoms with Crippen molar-refractivity contribution < 1.29 is 19.4 Å². The molecule has 0 atom stereocenters. The van der Waals surface area contributed by atoms with Gasteiger partial charge in [0.05, 0.1) is 12.2 Å². The highest BCUT2D eigenvalue weighted by Crippen LogP contribution is 2.41. The van der Waals surface area contributed by atoms with E-state index in [0.29, 0.717) is 24.9 Å². The molecule has 41 heavy (non-hydrogen) atoms. The lowest BCUT2D eigenvalue weighted by molar-refractivity contribution is 0.0801. The Bertz CT molecular complexity index is 1280. The fraction of sp³-hybridized carbons (Fsp3) is 0.515. The van der Waals surface area contributed by atoms with Crippen molar-refractivity contribution in [3.05, 3.63) is 71.2 Å². The number of benzene rings is 2. The van der Waals surface area contributed by atoms with Gasteiger partial charge in [0.25, 0.3) is 0 Å². The summed E-state index contributed by atoms with van der Waals surface area (Å²) >= 11 is 0. The zero-order valence-electron chi connectivity index (χ0n) is 26.7. The highest BCUT2D eigenvalue weighted by Gasteiger charge is 2.28. The SMILES string of the molecule is CN(Cc1nc(-c2cc(C(C)(C)C)c(O)c(C(C)(C)C)c2)cn1COCC[Si](C)(C)C)C(=O)OCc1ccccc1. The molecule has 0 aliphatic heterocycles. The maximum absolute atomic E-state index is 12.8. The van der Waals surface area contributed by atoms with Crippen LogP contribution in [-0.2, 0) is 40.2 Å². The van der Waals surface area contributed by atoms with Gasteiger partial charge in [-0.15, -0.1) is 0 Å². The molecular weight excluding hydrogens is 530 g/mol. The lowest BCUT2D eigenvalue weighted by Gasteiger charge is -2.28. The zero-order chi connectivity index (χ0) is 30.6. The summed E-state index contributed by atoms with van der Waals surface area (Å²) in [5, 5.41) is 11.2. The van der Waals surface area contributed by atoms with Crippen molar-refractivity contribution in [2.75, 3.05) is 13.7 Å². The average molecular weight is 580 g/mol. The predicted octanol–water partition coefficient (Wildman–Crippen LogP) is 7.93. The first kappa shape index (κ1) is 32.4. The Kier molecular flexibility index (Phi) is 10.1. The molecule has 2 aromatic carbocycles. The molecule has 7 nitrogen and oxygen atoms in total. The molecule has 0 bridgehead atoms. The van der Waals surface area contributed by atoms with Crippen molar-refractivity contribution in [1.82, 2.24) is 14.5 Å². The Morgan fingerprint density at radius 1 is 1.00 bits per heavy atom. The lowest BCUT2D eigenvalue weighted by atomic mass is 9.78. The minimum absolute atomic E-state index is 0.210. The van der Waals surface area contributed by atoms with Gasteiger partial charge in [-0.25, -0.2) is 9.78 Å². The summed E-state index contributed by atoms with van der Waals surface area (Å²) in [4.78, 5) is 19.4. The first-order chi connectivity index (χ1) is 19.0. The number of rotatable bonds is 10. The van der Waals surface area contributed by atoms with Crippen LogP contribution >= 0.6 is 0 Å². The fourth-order valence-electron chi connectivity index (χ4n) is 4.40. The number of phenols is 1. The number of aromatic hydroxyl groups is 1. The number of nitrogens with zero attached hydrogens (tertiary/aromatic N) is 3. The maximum Gasteiger partial charge on any atom is 0.410 e. The molecule has 1 amide bonds. The normalized spacial score (nSPS) is 12.4. The van der Waals surface area contributed by atoms with Crippen molar-refractivity contribution in [2.45, 2.75) is 97.9 Å². The smallest absolute Gasteiger partial charge is 0.410 e. The van der Waals surface area contributed by atoms with Crippen molar-refractivity contribution in [1.29, 1.82) is 0 Å². The first-order valence-corrected chi connectivity index (χ1v) is 18.1. The number of phenolic OH excluding ortho intramolecular Hbond substituents is 1. The van der Waals surface area contributed by atoms with Crippen molar-refractivity contribution in [3.8, 4) is 17.0 Å². The van der Waals surface area contributed by atoms with Crippen LogP contribution in [0.25, 0.3) is 11.3 Å². The summed E-state index contributed by atoms with van der Waals surface area (Å²) in [6.07, 6.45) is 1.57. The third-order valence-electron chi connectivity index (χ3n) is 7.00. The molecule has 3 rings (SSSR count). The molecule has 0 fully saturated rings. The van der Waals surface area contributed by atoms with Gasteiger partial charge in [-0.1, -0.05) is 91.5 Å². The van der Waals surface area contributed by atoms with E-state index in [9.17, 15) is 9.90 Å². The summed E-state index contributed by atoms with van der Waals surface area (Å²) in [5.41, 5.74) is 3.88. The molecule has 8 heteroatoms. The molecule has 0 saturated carbocycles. The standard InChI is InChI=1S/C33H49N3O4Si/c1-32(2,3)26-18-25(19-27(30(26)37)33(4,5)6)28-20-36(23-39-16-17-41(8,9)10)29(34-28)21-35(7)31(38)40-22-24-14-12-11-13-15-24/h11-15,18-20,37H,16-17,21-23H2,1-10H3. The molecule has 0 spiro atoms. The van der Waals surface area contributed by atoms with E-state index in [1.165, 1.54) is 4.90 Å². The second-order valence-corrected chi connectivity index (χ2v) is 19.8. The molecule has 0 aliphatic carbocycles. The van der Waals surface area contributed by atoms with E-state index in [1.807, 2.05) is 53.2 Å². The molecule has 224 valence electrons. The van der Waals surface area contributed by atoms with Crippen LogP contribution in [0.3, 0.4) is 0 Å². The quantitative estimate of drug-likeness (QED) is 0.195. The van der Waals surface area contributed by atoms with Crippen molar-refractivity contribution in [2.24, 2.45) is 0 Å². The molecule has 0 aliphatic rings. The molecule has 3 aromatic rings. The van der Waals surface area contributed by atoms with Crippen LogP contribution in [-0.4, -0.2) is 47.4 Å². The van der Waals surface area contributed by atoms with Crippen LogP contribution in [0.4, 0.5) is 4.79 Å². The van der Waals surface area contributed by atoms with Gasteiger partial charge in [0.15, 0.2) is 0 Å². The molecule has 1 aromatic heterocycles. The van der Waals surface area contributed by atoms with Gasteiger partial charge in [0, 0.05) is 44.6 Å². The minimum atomic E-state index is -1.23. The van der Waals surface area contributed by atoms with Gasteiger partial charge in [-0.3, -0.25) is 0 Å². The molecule has 0 unspecified atom stereocenters. The Hall–Kier alpha value is -3.10. The number of carbonyl (C=O) groups excluding carboxylic acids is 1. The van der Waals surface area contributed by atoms with Crippen LogP contribution < -0.4 is 0 Å². The van der Waals surface area contributed by atoms with Crippen LogP contribution in [0, 0.1) is 0 Å². The van der Waals surface area contributed by atoms with Crippen LogP contribution in [0.5, 0.6) is 5.75 Å². The van der Waals surface area contributed by atoms with Crippen molar-refractivity contribution in [3.63, 3.8) is 0 Å².